The Hall–Kier alpha value is -8.92. The van der Waals surface area contributed by atoms with Crippen molar-refractivity contribution in [1.82, 2.24) is 4.57 Å². The van der Waals surface area contributed by atoms with E-state index < -0.39 is 5.41 Å². The summed E-state index contributed by atoms with van der Waals surface area (Å²) in [5, 5.41) is 7.17. The Morgan fingerprint density at radius 2 is 0.941 bits per heavy atom. The van der Waals surface area contributed by atoms with E-state index in [1.165, 1.54) is 66.0 Å². The maximum atomic E-state index is 6.37. The molecule has 68 heavy (non-hydrogen) atoms. The molecule has 2 heterocycles. The number of fused-ring (bicyclic) bond motifs is 11. The maximum Gasteiger partial charge on any atom is 0.135 e. The van der Waals surface area contributed by atoms with Gasteiger partial charge < -0.3 is 13.9 Å². The van der Waals surface area contributed by atoms with E-state index in [0.29, 0.717) is 0 Å². The van der Waals surface area contributed by atoms with Crippen molar-refractivity contribution in [3.05, 3.63) is 277 Å². The number of nitrogens with zero attached hydrogens (tertiary/aromatic N) is 2. The van der Waals surface area contributed by atoms with Crippen LogP contribution in [0, 0.1) is 0 Å². The third kappa shape index (κ3) is 5.66. The maximum absolute atomic E-state index is 6.37. The summed E-state index contributed by atoms with van der Waals surface area (Å²) in [5.74, 6) is 0. The molecule has 1 aliphatic carbocycles. The first-order valence-electron chi connectivity index (χ1n) is 23.4. The van der Waals surface area contributed by atoms with Gasteiger partial charge in [-0.2, -0.15) is 0 Å². The largest absolute Gasteiger partial charge is 0.456 e. The predicted octanol–water partition coefficient (Wildman–Crippen LogP) is 17.3. The molecule has 318 valence electrons. The summed E-state index contributed by atoms with van der Waals surface area (Å²) in [5.41, 5.74) is 17.9. The zero-order valence-corrected chi connectivity index (χ0v) is 37.1. The third-order valence-corrected chi connectivity index (χ3v) is 14.4. The highest BCUT2D eigenvalue weighted by Gasteiger charge is 2.46. The Balaban J connectivity index is 0.961. The van der Waals surface area contributed by atoms with Gasteiger partial charge in [-0.3, -0.25) is 0 Å². The van der Waals surface area contributed by atoms with Crippen LogP contribution in [0.5, 0.6) is 0 Å². The molecule has 13 aromatic rings. The molecule has 11 aromatic carbocycles. The van der Waals surface area contributed by atoms with Crippen molar-refractivity contribution in [3.63, 3.8) is 0 Å². The van der Waals surface area contributed by atoms with Gasteiger partial charge in [0.25, 0.3) is 0 Å². The van der Waals surface area contributed by atoms with E-state index in [1.54, 1.807) is 0 Å². The lowest BCUT2D eigenvalue weighted by Gasteiger charge is -2.35. The monoisotopic (exact) mass is 866 g/mol. The number of hydrogen-bond acceptors (Lipinski definition) is 2. The summed E-state index contributed by atoms with van der Waals surface area (Å²) in [6.07, 6.45) is 0. The van der Waals surface area contributed by atoms with E-state index in [0.717, 1.165) is 55.8 Å². The van der Waals surface area contributed by atoms with Gasteiger partial charge in [-0.1, -0.05) is 188 Å². The van der Waals surface area contributed by atoms with Crippen LogP contribution in [0.2, 0.25) is 0 Å². The molecular formula is C65H42N2O. The second-order valence-corrected chi connectivity index (χ2v) is 18.0. The minimum Gasteiger partial charge on any atom is -0.456 e. The van der Waals surface area contributed by atoms with Crippen LogP contribution in [0.4, 0.5) is 17.1 Å². The van der Waals surface area contributed by atoms with Crippen LogP contribution >= 0.6 is 0 Å². The number of furan rings is 1. The zero-order chi connectivity index (χ0) is 44.8. The Bertz CT molecular complexity index is 4030. The molecule has 2 aromatic heterocycles. The van der Waals surface area contributed by atoms with Gasteiger partial charge in [0.2, 0.25) is 0 Å². The van der Waals surface area contributed by atoms with Crippen LogP contribution in [-0.4, -0.2) is 4.57 Å². The normalized spacial score (nSPS) is 12.8. The topological polar surface area (TPSA) is 21.3 Å². The number of rotatable bonds is 7. The lowest BCUT2D eigenvalue weighted by atomic mass is 9.67. The first kappa shape index (κ1) is 38.4. The number of benzene rings is 11. The SMILES string of the molecule is c1ccc(-n2c3cc(-c4ccc(N(c5ccc6c(c5)C(c5ccccc5)(c5ccccc5)c5ccccc5-6)c5ccc6oc7ccccc7c6c5)cc4)ccc3c3ccc4ccccc4c32)cc1. The standard InChI is InChI=1S/C65H42N2O/c1-4-17-46(18-5-1)65(47-19-6-2-7-20-47)59-26-14-12-24-53(59)54-38-34-51(42-60(54)65)66(50-35-39-63-58(41-50)56-25-13-15-27-62(56)68-63)49-32-28-43(29-33-49)45-31-36-55-57-37-30-44-16-10-11-23-52(44)64(57)67(61(55)40-45)48-21-8-3-9-22-48/h1-42H. The van der Waals surface area contributed by atoms with E-state index in [-0.39, 0.29) is 0 Å². The van der Waals surface area contributed by atoms with Crippen molar-refractivity contribution in [2.75, 3.05) is 4.90 Å². The summed E-state index contributed by atoms with van der Waals surface area (Å²) in [7, 11) is 0. The molecular weight excluding hydrogens is 825 g/mol. The van der Waals surface area contributed by atoms with Gasteiger partial charge in [0.05, 0.1) is 16.4 Å². The molecule has 0 amide bonds. The minimum absolute atomic E-state index is 0.530. The van der Waals surface area contributed by atoms with Gasteiger partial charge in [0.15, 0.2) is 0 Å². The molecule has 0 atom stereocenters. The summed E-state index contributed by atoms with van der Waals surface area (Å²) in [6.45, 7) is 0. The molecule has 0 saturated carbocycles. The molecule has 0 aliphatic heterocycles. The second kappa shape index (κ2) is 15.1. The zero-order valence-electron chi connectivity index (χ0n) is 37.1. The van der Waals surface area contributed by atoms with Crippen molar-refractivity contribution in [1.29, 1.82) is 0 Å². The fourth-order valence-corrected chi connectivity index (χ4v) is 11.5. The van der Waals surface area contributed by atoms with Gasteiger partial charge in [-0.15, -0.1) is 0 Å². The van der Waals surface area contributed by atoms with Crippen molar-refractivity contribution in [2.45, 2.75) is 5.41 Å². The fourth-order valence-electron chi connectivity index (χ4n) is 11.5. The quantitative estimate of drug-likeness (QED) is 0.159. The van der Waals surface area contributed by atoms with Crippen molar-refractivity contribution < 1.29 is 4.42 Å². The first-order valence-corrected chi connectivity index (χ1v) is 23.4. The first-order chi connectivity index (χ1) is 33.7. The Labute approximate surface area is 394 Å². The van der Waals surface area contributed by atoms with Gasteiger partial charge in [-0.25, -0.2) is 0 Å². The molecule has 0 radical (unpaired) electrons. The van der Waals surface area contributed by atoms with Gasteiger partial charge in [0.1, 0.15) is 11.2 Å². The molecule has 0 N–H and O–H groups in total. The Morgan fingerprint density at radius 3 is 1.74 bits per heavy atom. The molecule has 1 aliphatic rings. The highest BCUT2D eigenvalue weighted by atomic mass is 16.3. The molecule has 3 heteroatoms. The van der Waals surface area contributed by atoms with E-state index in [1.807, 2.05) is 6.07 Å². The summed E-state index contributed by atoms with van der Waals surface area (Å²) in [4.78, 5) is 2.41. The van der Waals surface area contributed by atoms with E-state index in [4.69, 9.17) is 4.42 Å². The van der Waals surface area contributed by atoms with E-state index in [9.17, 15) is 0 Å². The molecule has 0 spiro atoms. The highest BCUT2D eigenvalue weighted by molar-refractivity contribution is 6.19. The van der Waals surface area contributed by atoms with E-state index >= 15 is 0 Å². The van der Waals surface area contributed by atoms with E-state index in [2.05, 4.69) is 258 Å². The molecule has 0 bridgehead atoms. The van der Waals surface area contributed by atoms with Crippen molar-refractivity contribution in [2.24, 2.45) is 0 Å². The second-order valence-electron chi connectivity index (χ2n) is 18.0. The average molecular weight is 867 g/mol. The van der Waals surface area contributed by atoms with Crippen LogP contribution < -0.4 is 4.90 Å². The molecule has 0 fully saturated rings. The summed E-state index contributed by atoms with van der Waals surface area (Å²) in [6, 6.07) is 93.2. The van der Waals surface area contributed by atoms with Crippen LogP contribution in [-0.2, 0) is 5.41 Å². The Morgan fingerprint density at radius 1 is 0.353 bits per heavy atom. The van der Waals surface area contributed by atoms with Crippen LogP contribution in [0.15, 0.2) is 259 Å². The molecule has 0 saturated heterocycles. The average Bonchev–Trinajstić information content (AvgIpc) is 4.06. The van der Waals surface area contributed by atoms with Crippen molar-refractivity contribution in [3.8, 4) is 27.9 Å². The van der Waals surface area contributed by atoms with Crippen LogP contribution in [0.25, 0.3) is 82.5 Å². The summed E-state index contributed by atoms with van der Waals surface area (Å²) < 4.78 is 8.82. The fraction of sp³-hybridized carbons (Fsp3) is 0.0154. The number of hydrogen-bond donors (Lipinski definition) is 0. The molecule has 14 rings (SSSR count). The smallest absolute Gasteiger partial charge is 0.135 e. The lowest BCUT2D eigenvalue weighted by molar-refractivity contribution is 0.669. The number of aromatic nitrogens is 1. The summed E-state index contributed by atoms with van der Waals surface area (Å²) >= 11 is 0. The predicted molar refractivity (Wildman–Crippen MR) is 283 cm³/mol. The third-order valence-electron chi connectivity index (χ3n) is 14.4. The van der Waals surface area contributed by atoms with Crippen LogP contribution in [0.1, 0.15) is 22.3 Å². The molecule has 0 unspecified atom stereocenters. The highest BCUT2D eigenvalue weighted by Crippen LogP contribution is 2.57. The number of para-hydroxylation sites is 2. The molecule has 3 nitrogen and oxygen atoms in total. The number of anilines is 3. The van der Waals surface area contributed by atoms with Gasteiger partial charge in [0, 0.05) is 49.7 Å². The Kier molecular flexibility index (Phi) is 8.50. The van der Waals surface area contributed by atoms with Gasteiger partial charge in [-0.05, 0) is 117 Å². The van der Waals surface area contributed by atoms with Gasteiger partial charge >= 0.3 is 0 Å². The van der Waals surface area contributed by atoms with Crippen LogP contribution in [0.3, 0.4) is 0 Å². The van der Waals surface area contributed by atoms with Crippen molar-refractivity contribution >= 4 is 71.6 Å². The lowest BCUT2D eigenvalue weighted by Crippen LogP contribution is -2.28. The minimum atomic E-state index is -0.530.